The van der Waals surface area contributed by atoms with Crippen molar-refractivity contribution in [3.05, 3.63) is 65.7 Å². The number of nitrogens with zero attached hydrogens (tertiary/aromatic N) is 3. The first-order valence-electron chi connectivity index (χ1n) is 9.22. The van der Waals surface area contributed by atoms with Crippen LogP contribution in [-0.2, 0) is 11.3 Å². The number of carbonyl (C=O) groups excluding carboxylic acids is 1. The summed E-state index contributed by atoms with van der Waals surface area (Å²) in [4.78, 5) is 18.6. The molecule has 2 aromatic carbocycles. The summed E-state index contributed by atoms with van der Waals surface area (Å²) in [5, 5.41) is 0. The number of rotatable bonds is 5. The molecule has 0 radical (unpaired) electrons. The van der Waals surface area contributed by atoms with Gasteiger partial charge in [-0.3, -0.25) is 9.69 Å². The van der Waals surface area contributed by atoms with E-state index in [1.54, 1.807) is 36.2 Å². The lowest BCUT2D eigenvalue weighted by atomic mass is 10.2. The van der Waals surface area contributed by atoms with Crippen LogP contribution in [0.2, 0.25) is 0 Å². The van der Waals surface area contributed by atoms with Gasteiger partial charge in [0.25, 0.3) is 0 Å². The van der Waals surface area contributed by atoms with Gasteiger partial charge in [0.1, 0.15) is 11.6 Å². The average molecular weight is 373 g/mol. The molecule has 0 atom stereocenters. The molecule has 1 aliphatic rings. The number of hydrogen-bond acceptors (Lipinski definition) is 3. The molecule has 1 heterocycles. The highest BCUT2D eigenvalue weighted by Crippen LogP contribution is 2.17. The van der Waals surface area contributed by atoms with E-state index in [0.29, 0.717) is 13.1 Å². The third-order valence-corrected chi connectivity index (χ3v) is 4.90. The van der Waals surface area contributed by atoms with Gasteiger partial charge in [0.2, 0.25) is 5.91 Å². The molecule has 6 heteroatoms. The van der Waals surface area contributed by atoms with Crippen LogP contribution in [0.5, 0.6) is 0 Å². The molecule has 1 amide bonds. The number of amides is 1. The van der Waals surface area contributed by atoms with Gasteiger partial charge in [-0.15, -0.1) is 0 Å². The summed E-state index contributed by atoms with van der Waals surface area (Å²) >= 11 is 0. The van der Waals surface area contributed by atoms with E-state index in [1.165, 1.54) is 24.3 Å². The van der Waals surface area contributed by atoms with E-state index in [0.717, 1.165) is 43.9 Å². The van der Waals surface area contributed by atoms with Crippen molar-refractivity contribution in [2.75, 3.05) is 44.7 Å². The van der Waals surface area contributed by atoms with Crippen molar-refractivity contribution in [2.24, 2.45) is 0 Å². The van der Waals surface area contributed by atoms with Crippen molar-refractivity contribution < 1.29 is 13.6 Å². The summed E-state index contributed by atoms with van der Waals surface area (Å²) in [6.45, 7) is 4.17. The van der Waals surface area contributed by atoms with Gasteiger partial charge in [0.15, 0.2) is 0 Å². The fourth-order valence-electron chi connectivity index (χ4n) is 3.30. The zero-order valence-electron chi connectivity index (χ0n) is 15.6. The van der Waals surface area contributed by atoms with Crippen LogP contribution >= 0.6 is 0 Å². The van der Waals surface area contributed by atoms with Crippen molar-refractivity contribution in [3.63, 3.8) is 0 Å². The summed E-state index contributed by atoms with van der Waals surface area (Å²) in [5.41, 5.74) is 1.92. The van der Waals surface area contributed by atoms with E-state index in [4.69, 9.17) is 0 Å². The first-order chi connectivity index (χ1) is 13.0. The Morgan fingerprint density at radius 2 is 1.56 bits per heavy atom. The fourth-order valence-corrected chi connectivity index (χ4v) is 3.30. The van der Waals surface area contributed by atoms with E-state index < -0.39 is 0 Å². The monoisotopic (exact) mass is 373 g/mol. The lowest BCUT2D eigenvalue weighted by Crippen LogP contribution is -2.40. The average Bonchev–Trinajstić information content (AvgIpc) is 2.90. The maximum absolute atomic E-state index is 13.1. The van der Waals surface area contributed by atoms with E-state index in [-0.39, 0.29) is 17.5 Å². The number of carbonyl (C=O) groups is 1. The van der Waals surface area contributed by atoms with Gasteiger partial charge in [0, 0.05) is 45.5 Å². The van der Waals surface area contributed by atoms with Gasteiger partial charge >= 0.3 is 0 Å². The summed E-state index contributed by atoms with van der Waals surface area (Å²) in [5.74, 6) is -0.456. The Hall–Kier alpha value is -2.47. The molecule has 0 aliphatic carbocycles. The summed E-state index contributed by atoms with van der Waals surface area (Å²) < 4.78 is 26.1. The predicted octanol–water partition coefficient (Wildman–Crippen LogP) is 3.14. The molecule has 0 unspecified atom stereocenters. The van der Waals surface area contributed by atoms with Crippen LogP contribution in [0.3, 0.4) is 0 Å². The Balaban J connectivity index is 1.50. The second-order valence-corrected chi connectivity index (χ2v) is 6.97. The Kier molecular flexibility index (Phi) is 6.40. The van der Waals surface area contributed by atoms with Crippen molar-refractivity contribution >= 4 is 11.6 Å². The van der Waals surface area contributed by atoms with E-state index in [9.17, 15) is 13.6 Å². The quantitative estimate of drug-likeness (QED) is 0.806. The van der Waals surface area contributed by atoms with Crippen LogP contribution in [0, 0.1) is 11.6 Å². The minimum Gasteiger partial charge on any atom is -0.370 e. The third kappa shape index (κ3) is 5.50. The van der Waals surface area contributed by atoms with E-state index in [1.807, 2.05) is 0 Å². The van der Waals surface area contributed by atoms with Gasteiger partial charge in [-0.25, -0.2) is 8.78 Å². The third-order valence-electron chi connectivity index (χ3n) is 4.90. The molecule has 1 saturated heterocycles. The highest BCUT2D eigenvalue weighted by atomic mass is 19.1. The van der Waals surface area contributed by atoms with Crippen LogP contribution in [-0.4, -0.2) is 55.5 Å². The number of anilines is 1. The molecule has 1 aliphatic heterocycles. The second-order valence-electron chi connectivity index (χ2n) is 6.97. The van der Waals surface area contributed by atoms with Crippen molar-refractivity contribution in [2.45, 2.75) is 13.0 Å². The molecule has 0 saturated carbocycles. The molecule has 27 heavy (non-hydrogen) atoms. The molecule has 3 rings (SSSR count). The summed E-state index contributed by atoms with van der Waals surface area (Å²) in [6.07, 6.45) is 0.951. The molecule has 0 N–H and O–H groups in total. The maximum Gasteiger partial charge on any atom is 0.236 e. The molecule has 0 spiro atoms. The molecule has 1 fully saturated rings. The van der Waals surface area contributed by atoms with Crippen LogP contribution in [0.25, 0.3) is 0 Å². The SMILES string of the molecule is CN(Cc1ccc(F)cc1)C(=O)CN1CCCN(c2ccc(F)cc2)CC1. The van der Waals surface area contributed by atoms with Crippen LogP contribution < -0.4 is 4.90 Å². The van der Waals surface area contributed by atoms with Crippen molar-refractivity contribution in [3.8, 4) is 0 Å². The fraction of sp³-hybridized carbons (Fsp3) is 0.381. The Bertz CT molecular complexity index is 749. The zero-order chi connectivity index (χ0) is 19.2. The number of likely N-dealkylation sites (N-methyl/N-ethyl adjacent to an activating group) is 1. The van der Waals surface area contributed by atoms with E-state index >= 15 is 0 Å². The van der Waals surface area contributed by atoms with Gasteiger partial charge in [-0.2, -0.15) is 0 Å². The summed E-state index contributed by atoms with van der Waals surface area (Å²) in [6, 6.07) is 12.8. The zero-order valence-corrected chi connectivity index (χ0v) is 15.6. The Morgan fingerprint density at radius 3 is 2.22 bits per heavy atom. The topological polar surface area (TPSA) is 26.8 Å². The second kappa shape index (κ2) is 8.95. The minimum atomic E-state index is -0.275. The molecule has 0 bridgehead atoms. The molecular formula is C21H25F2N3O. The normalized spacial score (nSPS) is 15.4. The van der Waals surface area contributed by atoms with E-state index in [2.05, 4.69) is 9.80 Å². The molecule has 144 valence electrons. The maximum atomic E-state index is 13.1. The molecule has 4 nitrogen and oxygen atoms in total. The van der Waals surface area contributed by atoms with Crippen molar-refractivity contribution in [1.29, 1.82) is 0 Å². The largest absolute Gasteiger partial charge is 0.370 e. The first kappa shape index (κ1) is 19.3. The molecular weight excluding hydrogens is 348 g/mol. The Morgan fingerprint density at radius 1 is 0.926 bits per heavy atom. The predicted molar refractivity (Wildman–Crippen MR) is 103 cm³/mol. The standard InChI is InChI=1S/C21H25F2N3O/c1-24(15-17-3-5-18(22)6-4-17)21(27)16-25-11-2-12-26(14-13-25)20-9-7-19(23)8-10-20/h3-10H,2,11-16H2,1H3. The molecule has 0 aromatic heterocycles. The van der Waals surface area contributed by atoms with Gasteiger partial charge in [0.05, 0.1) is 6.54 Å². The van der Waals surface area contributed by atoms with Gasteiger partial charge < -0.3 is 9.80 Å². The van der Waals surface area contributed by atoms with Crippen LogP contribution in [0.4, 0.5) is 14.5 Å². The first-order valence-corrected chi connectivity index (χ1v) is 9.22. The smallest absolute Gasteiger partial charge is 0.236 e. The van der Waals surface area contributed by atoms with Crippen LogP contribution in [0.1, 0.15) is 12.0 Å². The van der Waals surface area contributed by atoms with Crippen LogP contribution in [0.15, 0.2) is 48.5 Å². The summed E-state index contributed by atoms with van der Waals surface area (Å²) in [7, 11) is 1.77. The van der Waals surface area contributed by atoms with Gasteiger partial charge in [-0.05, 0) is 48.4 Å². The minimum absolute atomic E-state index is 0.0505. The highest BCUT2D eigenvalue weighted by Gasteiger charge is 2.19. The Labute approximate surface area is 159 Å². The van der Waals surface area contributed by atoms with Crippen molar-refractivity contribution in [1.82, 2.24) is 9.80 Å². The molecule has 2 aromatic rings. The lowest BCUT2D eigenvalue weighted by Gasteiger charge is -2.25. The number of hydrogen-bond donors (Lipinski definition) is 0. The lowest BCUT2D eigenvalue weighted by molar-refractivity contribution is -0.131. The highest BCUT2D eigenvalue weighted by molar-refractivity contribution is 5.78. The number of benzene rings is 2. The number of halogens is 2. The van der Waals surface area contributed by atoms with Gasteiger partial charge in [-0.1, -0.05) is 12.1 Å².